The lowest BCUT2D eigenvalue weighted by Crippen LogP contribution is -2.47. The molecule has 0 aliphatic carbocycles. The highest BCUT2D eigenvalue weighted by atomic mass is 32.2. The van der Waals surface area contributed by atoms with Gasteiger partial charge in [-0.25, -0.2) is 0 Å². The van der Waals surface area contributed by atoms with Crippen molar-refractivity contribution in [3.8, 4) is 11.5 Å². The third kappa shape index (κ3) is 9.34. The van der Waals surface area contributed by atoms with Gasteiger partial charge in [-0.1, -0.05) is 31.5 Å². The predicted octanol–water partition coefficient (Wildman–Crippen LogP) is 3.91. The minimum Gasteiger partial charge on any atom is -0.494 e. The molecule has 31 heavy (non-hydrogen) atoms. The van der Waals surface area contributed by atoms with Crippen LogP contribution in [0.3, 0.4) is 0 Å². The second-order valence-corrected chi connectivity index (χ2v) is 7.97. The lowest BCUT2D eigenvalue weighted by molar-refractivity contribution is -0.123. The standard InChI is InChI=1S/C24H32N2O4S/c1-3-4-16-29-20-10-12-21(13-11-20)30-17-15-25-24(28)22(14-18-31-2)26-23(27)19-8-6-5-7-9-19/h5-13,22H,3-4,14-18H2,1-2H3,(H,25,28)(H,26,27)/t22-/m0/s1. The Balaban J connectivity index is 1.76. The average molecular weight is 445 g/mol. The number of ether oxygens (including phenoxy) is 2. The van der Waals surface area contributed by atoms with Crippen LogP contribution >= 0.6 is 11.8 Å². The molecule has 0 unspecified atom stereocenters. The lowest BCUT2D eigenvalue weighted by Gasteiger charge is -2.18. The van der Waals surface area contributed by atoms with E-state index in [1.807, 2.05) is 36.6 Å². The fourth-order valence-electron chi connectivity index (χ4n) is 2.77. The minimum atomic E-state index is -0.584. The molecule has 0 spiro atoms. The SMILES string of the molecule is CCCCOc1ccc(OCCNC(=O)[C@H](CCSC)NC(=O)c2ccccc2)cc1. The van der Waals surface area contributed by atoms with Crippen molar-refractivity contribution in [1.82, 2.24) is 10.6 Å². The van der Waals surface area contributed by atoms with Gasteiger partial charge in [0.2, 0.25) is 5.91 Å². The quantitative estimate of drug-likeness (QED) is 0.432. The zero-order valence-electron chi connectivity index (χ0n) is 18.3. The van der Waals surface area contributed by atoms with Gasteiger partial charge in [0, 0.05) is 5.56 Å². The van der Waals surface area contributed by atoms with Gasteiger partial charge >= 0.3 is 0 Å². The largest absolute Gasteiger partial charge is 0.494 e. The normalized spacial score (nSPS) is 11.4. The maximum atomic E-state index is 12.6. The van der Waals surface area contributed by atoms with Crippen LogP contribution in [0.1, 0.15) is 36.5 Å². The highest BCUT2D eigenvalue weighted by Crippen LogP contribution is 2.17. The fourth-order valence-corrected chi connectivity index (χ4v) is 3.24. The summed E-state index contributed by atoms with van der Waals surface area (Å²) in [6.45, 7) is 3.52. The number of carbonyl (C=O) groups excluding carboxylic acids is 2. The van der Waals surface area contributed by atoms with Gasteiger partial charge in [-0.05, 0) is 61.2 Å². The fraction of sp³-hybridized carbons (Fsp3) is 0.417. The van der Waals surface area contributed by atoms with E-state index in [9.17, 15) is 9.59 Å². The molecule has 2 aromatic rings. The molecule has 0 radical (unpaired) electrons. The number of carbonyl (C=O) groups is 2. The Bertz CT molecular complexity index is 784. The van der Waals surface area contributed by atoms with Crippen LogP contribution in [0.4, 0.5) is 0 Å². The molecule has 0 aliphatic rings. The maximum Gasteiger partial charge on any atom is 0.251 e. The first-order valence-electron chi connectivity index (χ1n) is 10.6. The lowest BCUT2D eigenvalue weighted by atomic mass is 10.1. The third-order valence-electron chi connectivity index (χ3n) is 4.53. The molecule has 0 heterocycles. The number of hydrogen-bond acceptors (Lipinski definition) is 5. The van der Waals surface area contributed by atoms with E-state index in [1.54, 1.807) is 36.0 Å². The monoisotopic (exact) mass is 444 g/mol. The van der Waals surface area contributed by atoms with Gasteiger partial charge in [0.1, 0.15) is 24.1 Å². The average Bonchev–Trinajstić information content (AvgIpc) is 2.81. The van der Waals surface area contributed by atoms with Gasteiger partial charge < -0.3 is 20.1 Å². The van der Waals surface area contributed by atoms with E-state index in [0.29, 0.717) is 37.5 Å². The molecule has 6 nitrogen and oxygen atoms in total. The van der Waals surface area contributed by atoms with Crippen molar-refractivity contribution >= 4 is 23.6 Å². The van der Waals surface area contributed by atoms with Crippen molar-refractivity contribution in [3.63, 3.8) is 0 Å². The van der Waals surface area contributed by atoms with E-state index in [1.165, 1.54) is 0 Å². The summed E-state index contributed by atoms with van der Waals surface area (Å²) in [5.41, 5.74) is 0.537. The van der Waals surface area contributed by atoms with Crippen LogP contribution in [0, 0.1) is 0 Å². The van der Waals surface area contributed by atoms with E-state index in [-0.39, 0.29) is 11.8 Å². The Labute approximate surface area is 189 Å². The molecule has 2 rings (SSSR count). The van der Waals surface area contributed by atoms with Crippen LogP contribution in [0.2, 0.25) is 0 Å². The van der Waals surface area contributed by atoms with E-state index in [4.69, 9.17) is 9.47 Å². The summed E-state index contributed by atoms with van der Waals surface area (Å²) in [6.07, 6.45) is 4.66. The Kier molecular flexibility index (Phi) is 11.4. The number of benzene rings is 2. The summed E-state index contributed by atoms with van der Waals surface area (Å²) < 4.78 is 11.3. The molecule has 2 aromatic carbocycles. The van der Waals surface area contributed by atoms with Crippen LogP contribution in [-0.4, -0.2) is 49.6 Å². The van der Waals surface area contributed by atoms with E-state index < -0.39 is 6.04 Å². The maximum absolute atomic E-state index is 12.6. The first-order chi connectivity index (χ1) is 15.1. The third-order valence-corrected chi connectivity index (χ3v) is 5.17. The number of unbranched alkanes of at least 4 members (excludes halogenated alkanes) is 1. The van der Waals surface area contributed by atoms with Gasteiger partial charge in [0.05, 0.1) is 13.2 Å². The number of nitrogens with one attached hydrogen (secondary N) is 2. The summed E-state index contributed by atoms with van der Waals surface area (Å²) >= 11 is 1.64. The minimum absolute atomic E-state index is 0.207. The van der Waals surface area contributed by atoms with Crippen molar-refractivity contribution in [2.75, 3.05) is 31.8 Å². The van der Waals surface area contributed by atoms with Crippen LogP contribution < -0.4 is 20.1 Å². The molecule has 0 saturated carbocycles. The molecule has 0 bridgehead atoms. The van der Waals surface area contributed by atoms with Crippen LogP contribution in [0.25, 0.3) is 0 Å². The number of amides is 2. The number of hydrogen-bond donors (Lipinski definition) is 2. The Morgan fingerprint density at radius 2 is 1.61 bits per heavy atom. The second-order valence-electron chi connectivity index (χ2n) is 6.99. The van der Waals surface area contributed by atoms with Gasteiger partial charge in [-0.2, -0.15) is 11.8 Å². The number of rotatable bonds is 14. The zero-order chi connectivity index (χ0) is 22.3. The van der Waals surface area contributed by atoms with Crippen molar-refractivity contribution in [2.45, 2.75) is 32.2 Å². The summed E-state index contributed by atoms with van der Waals surface area (Å²) in [5.74, 6) is 1.85. The highest BCUT2D eigenvalue weighted by Gasteiger charge is 2.20. The summed E-state index contributed by atoms with van der Waals surface area (Å²) in [6, 6.07) is 15.8. The van der Waals surface area contributed by atoms with Crippen LogP contribution in [0.15, 0.2) is 54.6 Å². The van der Waals surface area contributed by atoms with Crippen molar-refractivity contribution in [2.24, 2.45) is 0 Å². The van der Waals surface area contributed by atoms with E-state index in [2.05, 4.69) is 17.6 Å². The molecular weight excluding hydrogens is 412 g/mol. The van der Waals surface area contributed by atoms with Gasteiger partial charge in [-0.3, -0.25) is 9.59 Å². The molecule has 0 saturated heterocycles. The first kappa shape index (κ1) is 24.6. The Hall–Kier alpha value is -2.67. The summed E-state index contributed by atoms with van der Waals surface area (Å²) in [5, 5.41) is 5.69. The smallest absolute Gasteiger partial charge is 0.251 e. The topological polar surface area (TPSA) is 76.7 Å². The van der Waals surface area contributed by atoms with Gasteiger partial charge in [0.15, 0.2) is 0 Å². The summed E-state index contributed by atoms with van der Waals surface area (Å²) in [4.78, 5) is 25.0. The Morgan fingerprint density at radius 3 is 2.23 bits per heavy atom. The van der Waals surface area contributed by atoms with Gasteiger partial charge in [0.25, 0.3) is 5.91 Å². The van der Waals surface area contributed by atoms with Gasteiger partial charge in [-0.15, -0.1) is 0 Å². The Morgan fingerprint density at radius 1 is 0.968 bits per heavy atom. The van der Waals surface area contributed by atoms with Crippen molar-refractivity contribution < 1.29 is 19.1 Å². The highest BCUT2D eigenvalue weighted by molar-refractivity contribution is 7.98. The van der Waals surface area contributed by atoms with Crippen LogP contribution in [-0.2, 0) is 4.79 Å². The molecule has 0 fully saturated rings. The molecule has 168 valence electrons. The molecule has 2 N–H and O–H groups in total. The molecular formula is C24H32N2O4S. The molecule has 1 atom stereocenters. The van der Waals surface area contributed by atoms with Crippen molar-refractivity contribution in [1.29, 1.82) is 0 Å². The first-order valence-corrected chi connectivity index (χ1v) is 12.0. The molecule has 7 heteroatoms. The van der Waals surface area contributed by atoms with Crippen molar-refractivity contribution in [3.05, 3.63) is 60.2 Å². The second kappa shape index (κ2) is 14.4. The number of thioether (sulfide) groups is 1. The molecule has 0 aliphatic heterocycles. The van der Waals surface area contributed by atoms with E-state index >= 15 is 0 Å². The molecule has 0 aromatic heterocycles. The zero-order valence-corrected chi connectivity index (χ0v) is 19.1. The van der Waals surface area contributed by atoms with E-state index in [0.717, 1.165) is 24.3 Å². The predicted molar refractivity (Wildman–Crippen MR) is 126 cm³/mol. The van der Waals surface area contributed by atoms with Crippen LogP contribution in [0.5, 0.6) is 11.5 Å². The molecule has 2 amide bonds. The summed E-state index contributed by atoms with van der Waals surface area (Å²) in [7, 11) is 0.